The number of nitrogen functional groups attached to an aromatic ring is 1. The SMILES string of the molecule is COc1ccccc1Nc1nc(N)nc(COC(=O)CN2C(=O)C3CCCCC3C2=O)n1. The zero-order valence-corrected chi connectivity index (χ0v) is 17.6. The number of carbonyl (C=O) groups excluding carboxylic acids is 3. The molecule has 32 heavy (non-hydrogen) atoms. The van der Waals surface area contributed by atoms with Crippen molar-refractivity contribution >= 4 is 35.4 Å². The number of nitrogens with zero attached hydrogens (tertiary/aromatic N) is 4. The van der Waals surface area contributed by atoms with Crippen molar-refractivity contribution in [3.05, 3.63) is 30.1 Å². The fraction of sp³-hybridized carbons (Fsp3) is 0.429. The van der Waals surface area contributed by atoms with E-state index < -0.39 is 12.5 Å². The molecule has 2 aromatic rings. The van der Waals surface area contributed by atoms with Crippen molar-refractivity contribution in [2.24, 2.45) is 11.8 Å². The van der Waals surface area contributed by atoms with Crippen LogP contribution in [-0.4, -0.2) is 51.3 Å². The molecule has 1 aliphatic heterocycles. The summed E-state index contributed by atoms with van der Waals surface area (Å²) in [6.45, 7) is -0.702. The quantitative estimate of drug-likeness (QED) is 0.478. The molecule has 4 rings (SSSR count). The van der Waals surface area contributed by atoms with E-state index in [0.29, 0.717) is 24.3 Å². The van der Waals surface area contributed by atoms with Crippen LogP contribution in [0.25, 0.3) is 0 Å². The highest BCUT2D eigenvalue weighted by molar-refractivity contribution is 6.07. The second kappa shape index (κ2) is 9.16. The number of ether oxygens (including phenoxy) is 2. The molecule has 2 fully saturated rings. The van der Waals surface area contributed by atoms with Crippen molar-refractivity contribution in [3.8, 4) is 5.75 Å². The standard InChI is InChI=1S/C21H24N6O5/c1-31-15-9-5-4-8-14(15)23-21-25-16(24-20(22)26-21)11-32-17(28)10-27-18(29)12-6-2-3-7-13(12)19(27)30/h4-5,8-9,12-13H,2-3,6-7,10-11H2,1H3,(H3,22,23,24,25,26). The number of para-hydroxylation sites is 2. The average molecular weight is 440 g/mol. The second-order valence-electron chi connectivity index (χ2n) is 7.68. The number of fused-ring (bicyclic) bond motifs is 1. The molecule has 0 radical (unpaired) electrons. The first-order valence-corrected chi connectivity index (χ1v) is 10.4. The van der Waals surface area contributed by atoms with Gasteiger partial charge in [0.15, 0.2) is 12.4 Å². The lowest BCUT2D eigenvalue weighted by Gasteiger charge is -2.19. The number of methoxy groups -OCH3 is 1. The maximum atomic E-state index is 12.5. The molecule has 168 valence electrons. The molecule has 3 N–H and O–H groups in total. The van der Waals surface area contributed by atoms with Crippen LogP contribution < -0.4 is 15.8 Å². The Morgan fingerprint density at radius 3 is 2.50 bits per heavy atom. The first-order valence-electron chi connectivity index (χ1n) is 10.4. The first-order chi connectivity index (χ1) is 15.5. The summed E-state index contributed by atoms with van der Waals surface area (Å²) < 4.78 is 10.5. The van der Waals surface area contributed by atoms with Gasteiger partial charge in [0.2, 0.25) is 23.7 Å². The fourth-order valence-electron chi connectivity index (χ4n) is 4.13. The lowest BCUT2D eigenvalue weighted by atomic mass is 9.81. The number of esters is 1. The third kappa shape index (κ3) is 4.46. The van der Waals surface area contributed by atoms with E-state index >= 15 is 0 Å². The van der Waals surface area contributed by atoms with Crippen LogP contribution in [0, 0.1) is 11.8 Å². The first kappa shape index (κ1) is 21.5. The van der Waals surface area contributed by atoms with E-state index in [-0.39, 0.29) is 48.0 Å². The Morgan fingerprint density at radius 2 is 1.81 bits per heavy atom. The minimum absolute atomic E-state index is 0.0579. The van der Waals surface area contributed by atoms with Crippen LogP contribution in [0.4, 0.5) is 17.6 Å². The van der Waals surface area contributed by atoms with Gasteiger partial charge in [0, 0.05) is 0 Å². The summed E-state index contributed by atoms with van der Waals surface area (Å²) in [5, 5.41) is 2.99. The normalized spacial score (nSPS) is 20.1. The summed E-state index contributed by atoms with van der Waals surface area (Å²) in [5.74, 6) is -1.11. The molecule has 0 spiro atoms. The van der Waals surface area contributed by atoms with Crippen LogP contribution in [0.15, 0.2) is 24.3 Å². The van der Waals surface area contributed by atoms with Crippen molar-refractivity contribution < 1.29 is 23.9 Å². The number of benzene rings is 1. The predicted molar refractivity (Wildman–Crippen MR) is 112 cm³/mol. The molecule has 1 aromatic carbocycles. The Kier molecular flexibility index (Phi) is 6.15. The van der Waals surface area contributed by atoms with Gasteiger partial charge in [0.1, 0.15) is 12.3 Å². The van der Waals surface area contributed by atoms with E-state index in [9.17, 15) is 14.4 Å². The van der Waals surface area contributed by atoms with E-state index in [1.165, 1.54) is 7.11 Å². The highest BCUT2D eigenvalue weighted by atomic mass is 16.5. The van der Waals surface area contributed by atoms with Gasteiger partial charge in [-0.15, -0.1) is 0 Å². The van der Waals surface area contributed by atoms with E-state index in [0.717, 1.165) is 17.7 Å². The molecule has 2 unspecified atom stereocenters. The van der Waals surface area contributed by atoms with Crippen molar-refractivity contribution in [2.75, 3.05) is 24.7 Å². The van der Waals surface area contributed by atoms with Crippen molar-refractivity contribution in [1.82, 2.24) is 19.9 Å². The molecule has 2 atom stereocenters. The molecule has 11 nitrogen and oxygen atoms in total. The summed E-state index contributed by atoms with van der Waals surface area (Å²) in [7, 11) is 1.54. The minimum atomic E-state index is -0.719. The molecule has 1 saturated heterocycles. The maximum Gasteiger partial charge on any atom is 0.326 e. The lowest BCUT2D eigenvalue weighted by Crippen LogP contribution is -2.36. The van der Waals surface area contributed by atoms with E-state index in [1.54, 1.807) is 12.1 Å². The number of nitrogens with one attached hydrogen (secondary N) is 1. The van der Waals surface area contributed by atoms with Crippen LogP contribution in [-0.2, 0) is 25.7 Å². The Bertz CT molecular complexity index is 1020. The molecule has 2 aliphatic rings. The molecule has 2 amide bonds. The summed E-state index contributed by atoms with van der Waals surface area (Å²) >= 11 is 0. The summed E-state index contributed by atoms with van der Waals surface area (Å²) in [6.07, 6.45) is 3.22. The maximum absolute atomic E-state index is 12.5. The van der Waals surface area contributed by atoms with Gasteiger partial charge in [-0.2, -0.15) is 15.0 Å². The van der Waals surface area contributed by atoms with E-state index in [4.69, 9.17) is 15.2 Å². The summed E-state index contributed by atoms with van der Waals surface area (Å²) in [6, 6.07) is 7.18. The topological polar surface area (TPSA) is 150 Å². The van der Waals surface area contributed by atoms with Crippen molar-refractivity contribution in [1.29, 1.82) is 0 Å². The number of carbonyl (C=O) groups is 3. The van der Waals surface area contributed by atoms with Gasteiger partial charge >= 0.3 is 5.97 Å². The largest absolute Gasteiger partial charge is 0.495 e. The lowest BCUT2D eigenvalue weighted by molar-refractivity contribution is -0.154. The van der Waals surface area contributed by atoms with E-state index in [2.05, 4.69) is 20.3 Å². The van der Waals surface area contributed by atoms with Gasteiger partial charge in [-0.1, -0.05) is 25.0 Å². The van der Waals surface area contributed by atoms with E-state index in [1.807, 2.05) is 12.1 Å². The Labute approximate surface area is 184 Å². The molecule has 11 heteroatoms. The number of rotatable bonds is 7. The van der Waals surface area contributed by atoms with Crippen LogP contribution in [0.3, 0.4) is 0 Å². The van der Waals surface area contributed by atoms with Gasteiger partial charge in [0.05, 0.1) is 24.6 Å². The molecule has 0 bridgehead atoms. The molecular formula is C21H24N6O5. The van der Waals surface area contributed by atoms with Gasteiger partial charge in [-0.05, 0) is 25.0 Å². The number of hydrogen-bond acceptors (Lipinski definition) is 10. The summed E-state index contributed by atoms with van der Waals surface area (Å²) in [4.78, 5) is 50.5. The van der Waals surface area contributed by atoms with Crippen LogP contribution in [0.2, 0.25) is 0 Å². The van der Waals surface area contributed by atoms with Crippen molar-refractivity contribution in [3.63, 3.8) is 0 Å². The third-order valence-corrected chi connectivity index (χ3v) is 5.63. The number of likely N-dealkylation sites (tertiary alicyclic amines) is 1. The Balaban J connectivity index is 1.38. The monoisotopic (exact) mass is 440 g/mol. The number of amides is 2. The van der Waals surface area contributed by atoms with Crippen LogP contribution >= 0.6 is 0 Å². The zero-order chi connectivity index (χ0) is 22.7. The number of aromatic nitrogens is 3. The highest BCUT2D eigenvalue weighted by Gasteiger charge is 2.48. The third-order valence-electron chi connectivity index (χ3n) is 5.63. The van der Waals surface area contributed by atoms with Gasteiger partial charge in [0.25, 0.3) is 0 Å². The number of hydrogen-bond donors (Lipinski definition) is 2. The number of nitrogens with two attached hydrogens (primary N) is 1. The molecule has 1 saturated carbocycles. The smallest absolute Gasteiger partial charge is 0.326 e. The summed E-state index contributed by atoms with van der Waals surface area (Å²) in [5.41, 5.74) is 6.38. The van der Waals surface area contributed by atoms with Gasteiger partial charge in [-0.25, -0.2) is 0 Å². The fourth-order valence-corrected chi connectivity index (χ4v) is 4.13. The average Bonchev–Trinajstić information content (AvgIpc) is 3.03. The van der Waals surface area contributed by atoms with Crippen molar-refractivity contribution in [2.45, 2.75) is 32.3 Å². The zero-order valence-electron chi connectivity index (χ0n) is 17.6. The second-order valence-corrected chi connectivity index (χ2v) is 7.68. The molecule has 2 heterocycles. The van der Waals surface area contributed by atoms with Gasteiger partial charge < -0.3 is 20.5 Å². The molecule has 1 aromatic heterocycles. The number of imide groups is 1. The Hall–Kier alpha value is -3.76. The molecule has 1 aliphatic carbocycles. The molecular weight excluding hydrogens is 416 g/mol. The minimum Gasteiger partial charge on any atom is -0.495 e. The number of anilines is 3. The van der Waals surface area contributed by atoms with Crippen LogP contribution in [0.1, 0.15) is 31.5 Å². The van der Waals surface area contributed by atoms with Gasteiger partial charge in [-0.3, -0.25) is 19.3 Å². The predicted octanol–water partition coefficient (Wildman–Crippen LogP) is 1.42. The highest BCUT2D eigenvalue weighted by Crippen LogP contribution is 2.37. The Morgan fingerprint density at radius 1 is 1.12 bits per heavy atom. The van der Waals surface area contributed by atoms with Crippen LogP contribution in [0.5, 0.6) is 5.75 Å².